The Bertz CT molecular complexity index is 846. The van der Waals surface area contributed by atoms with Crippen molar-refractivity contribution in [2.45, 2.75) is 17.7 Å². The summed E-state index contributed by atoms with van der Waals surface area (Å²) in [5.74, 6) is 0.286. The molecule has 3 rings (SSSR count). The highest BCUT2D eigenvalue weighted by atomic mass is 32.2. The second-order valence-corrected chi connectivity index (χ2v) is 8.59. The maximum absolute atomic E-state index is 12.5. The number of ether oxygens (including phenoxy) is 1. The van der Waals surface area contributed by atoms with E-state index >= 15 is 0 Å². The molecular formula is C16H20N4O4S2. The molecule has 2 aromatic rings. The number of piperidine rings is 1. The van der Waals surface area contributed by atoms with Crippen LogP contribution in [-0.2, 0) is 14.8 Å². The Hall–Kier alpha value is -2.04. The maximum atomic E-state index is 12.5. The third-order valence-electron chi connectivity index (χ3n) is 4.30. The number of carbonyl (C=O) groups is 1. The van der Waals surface area contributed by atoms with E-state index in [9.17, 15) is 13.2 Å². The molecule has 0 aliphatic carbocycles. The Balaban J connectivity index is 1.56. The fourth-order valence-corrected chi connectivity index (χ4v) is 5.30. The van der Waals surface area contributed by atoms with Crippen LogP contribution in [0.4, 0.5) is 5.95 Å². The molecule has 2 aromatic heterocycles. The van der Waals surface area contributed by atoms with E-state index in [0.29, 0.717) is 12.5 Å². The number of carbonyl (C=O) groups excluding carboxylic acids is 1. The molecule has 0 bridgehead atoms. The van der Waals surface area contributed by atoms with Crippen LogP contribution in [0.3, 0.4) is 0 Å². The number of thiophene rings is 1. The van der Waals surface area contributed by atoms with Gasteiger partial charge in [0.1, 0.15) is 9.77 Å². The zero-order chi connectivity index (χ0) is 18.6. The average Bonchev–Trinajstić information content (AvgIpc) is 3.18. The predicted octanol–water partition coefficient (Wildman–Crippen LogP) is 1.52. The van der Waals surface area contributed by atoms with Crippen molar-refractivity contribution in [3.05, 3.63) is 34.8 Å². The van der Waals surface area contributed by atoms with Gasteiger partial charge in [0.05, 0.1) is 7.11 Å². The van der Waals surface area contributed by atoms with Crippen molar-refractivity contribution in [3.63, 3.8) is 0 Å². The summed E-state index contributed by atoms with van der Waals surface area (Å²) >= 11 is 1.05. The molecule has 0 unspecified atom stereocenters. The van der Waals surface area contributed by atoms with Crippen LogP contribution in [0.1, 0.15) is 22.5 Å². The fraction of sp³-hybridized carbons (Fsp3) is 0.438. The summed E-state index contributed by atoms with van der Waals surface area (Å²) in [6.45, 7) is 1.90. The van der Waals surface area contributed by atoms with Gasteiger partial charge in [-0.05, 0) is 36.3 Å². The molecule has 0 amide bonds. The lowest BCUT2D eigenvalue weighted by atomic mass is 9.97. The highest BCUT2D eigenvalue weighted by Gasteiger charge is 2.27. The van der Waals surface area contributed by atoms with Gasteiger partial charge in [0.15, 0.2) is 0 Å². The van der Waals surface area contributed by atoms with Crippen LogP contribution >= 0.6 is 11.3 Å². The van der Waals surface area contributed by atoms with Crippen LogP contribution < -0.4 is 9.62 Å². The molecule has 0 spiro atoms. The smallest absolute Gasteiger partial charge is 0.349 e. The number of sulfonamides is 1. The van der Waals surface area contributed by atoms with Crippen LogP contribution in [0.5, 0.6) is 0 Å². The first-order valence-corrected chi connectivity index (χ1v) is 10.5. The Morgan fingerprint density at radius 3 is 2.69 bits per heavy atom. The molecule has 1 aliphatic rings. The molecule has 10 heteroatoms. The summed E-state index contributed by atoms with van der Waals surface area (Å²) in [6, 6.07) is 3.20. The standard InChI is InChI=1S/C16H20N4O4S2/c1-24-15(21)14-13(5-10-25-14)26(22,23)19-11-12-3-8-20(9-4-12)16-17-6-2-7-18-16/h2,5-7,10,12,19H,3-4,8-9,11H2,1H3. The first-order valence-electron chi connectivity index (χ1n) is 8.18. The third-order valence-corrected chi connectivity index (χ3v) is 6.79. The molecule has 26 heavy (non-hydrogen) atoms. The van der Waals surface area contributed by atoms with Gasteiger partial charge < -0.3 is 9.64 Å². The highest BCUT2D eigenvalue weighted by molar-refractivity contribution is 7.89. The van der Waals surface area contributed by atoms with Gasteiger partial charge in [-0.25, -0.2) is 27.9 Å². The molecule has 8 nitrogen and oxygen atoms in total. The zero-order valence-corrected chi connectivity index (χ0v) is 15.9. The minimum Gasteiger partial charge on any atom is -0.465 e. The summed E-state index contributed by atoms with van der Waals surface area (Å²) in [5, 5.41) is 1.57. The average molecular weight is 396 g/mol. The van der Waals surface area contributed by atoms with Crippen LogP contribution in [-0.4, -0.2) is 51.1 Å². The molecule has 0 atom stereocenters. The molecule has 1 fully saturated rings. The van der Waals surface area contributed by atoms with E-state index in [2.05, 4.69) is 24.3 Å². The number of aromatic nitrogens is 2. The van der Waals surface area contributed by atoms with Crippen molar-refractivity contribution in [1.29, 1.82) is 0 Å². The van der Waals surface area contributed by atoms with Gasteiger partial charge in [0.25, 0.3) is 0 Å². The van der Waals surface area contributed by atoms with E-state index in [1.165, 1.54) is 13.2 Å². The normalized spacial score (nSPS) is 15.8. The van der Waals surface area contributed by atoms with E-state index in [4.69, 9.17) is 0 Å². The van der Waals surface area contributed by atoms with E-state index in [1.54, 1.807) is 23.8 Å². The monoisotopic (exact) mass is 396 g/mol. The quantitative estimate of drug-likeness (QED) is 0.739. The number of anilines is 1. The molecule has 0 aromatic carbocycles. The molecular weight excluding hydrogens is 376 g/mol. The number of methoxy groups -OCH3 is 1. The predicted molar refractivity (Wildman–Crippen MR) is 97.8 cm³/mol. The number of rotatable bonds is 6. The van der Waals surface area contributed by atoms with Gasteiger partial charge in [-0.15, -0.1) is 11.3 Å². The lowest BCUT2D eigenvalue weighted by Crippen LogP contribution is -2.39. The summed E-state index contributed by atoms with van der Waals surface area (Å²) in [4.78, 5) is 22.3. The molecule has 0 saturated carbocycles. The van der Waals surface area contributed by atoms with Gasteiger partial charge in [0.2, 0.25) is 16.0 Å². The minimum absolute atomic E-state index is 0.0236. The second kappa shape index (κ2) is 8.11. The Morgan fingerprint density at radius 1 is 1.35 bits per heavy atom. The lowest BCUT2D eigenvalue weighted by Gasteiger charge is -2.31. The number of esters is 1. The summed E-state index contributed by atoms with van der Waals surface area (Å²) in [6.07, 6.45) is 5.10. The second-order valence-electron chi connectivity index (χ2n) is 5.94. The molecule has 1 saturated heterocycles. The van der Waals surface area contributed by atoms with Crippen LogP contribution in [0.25, 0.3) is 0 Å². The van der Waals surface area contributed by atoms with Crippen LogP contribution in [0.2, 0.25) is 0 Å². The summed E-state index contributed by atoms with van der Waals surface area (Å²) < 4.78 is 32.3. The largest absolute Gasteiger partial charge is 0.465 e. The molecule has 1 N–H and O–H groups in total. The SMILES string of the molecule is COC(=O)c1sccc1S(=O)(=O)NCC1CCN(c2ncccn2)CC1. The highest BCUT2D eigenvalue weighted by Crippen LogP contribution is 2.24. The summed E-state index contributed by atoms with van der Waals surface area (Å²) in [5.41, 5.74) is 0. The first-order chi connectivity index (χ1) is 12.5. The number of nitrogens with one attached hydrogen (secondary N) is 1. The zero-order valence-electron chi connectivity index (χ0n) is 14.3. The maximum Gasteiger partial charge on any atom is 0.349 e. The van der Waals surface area contributed by atoms with E-state index in [-0.39, 0.29) is 15.7 Å². The molecule has 0 radical (unpaired) electrons. The van der Waals surface area contributed by atoms with Crippen molar-refractivity contribution in [3.8, 4) is 0 Å². The van der Waals surface area contributed by atoms with Crippen LogP contribution in [0, 0.1) is 5.92 Å². The van der Waals surface area contributed by atoms with E-state index in [1.807, 2.05) is 0 Å². The summed E-state index contributed by atoms with van der Waals surface area (Å²) in [7, 11) is -2.51. The van der Waals surface area contributed by atoms with Crippen molar-refractivity contribution >= 4 is 33.3 Å². The van der Waals surface area contributed by atoms with E-state index in [0.717, 1.165) is 37.3 Å². The van der Waals surface area contributed by atoms with Crippen molar-refractivity contribution in [2.24, 2.45) is 5.92 Å². The topological polar surface area (TPSA) is 101 Å². The Morgan fingerprint density at radius 2 is 2.04 bits per heavy atom. The Kier molecular flexibility index (Phi) is 5.84. The van der Waals surface area contributed by atoms with Gasteiger partial charge in [-0.2, -0.15) is 0 Å². The molecule has 1 aliphatic heterocycles. The fourth-order valence-electron chi connectivity index (χ4n) is 2.85. The molecule has 140 valence electrons. The van der Waals surface area contributed by atoms with Crippen molar-refractivity contribution in [2.75, 3.05) is 31.6 Å². The third kappa shape index (κ3) is 4.19. The van der Waals surface area contributed by atoms with Crippen molar-refractivity contribution in [1.82, 2.24) is 14.7 Å². The van der Waals surface area contributed by atoms with Crippen molar-refractivity contribution < 1.29 is 17.9 Å². The number of nitrogens with zero attached hydrogens (tertiary/aromatic N) is 3. The van der Waals surface area contributed by atoms with Gasteiger partial charge in [-0.1, -0.05) is 0 Å². The number of hydrogen-bond acceptors (Lipinski definition) is 8. The van der Waals surface area contributed by atoms with Gasteiger partial charge in [0, 0.05) is 32.0 Å². The first kappa shape index (κ1) is 18.7. The van der Waals surface area contributed by atoms with Crippen LogP contribution in [0.15, 0.2) is 34.8 Å². The number of hydrogen-bond donors (Lipinski definition) is 1. The van der Waals surface area contributed by atoms with Gasteiger partial charge in [-0.3, -0.25) is 0 Å². The van der Waals surface area contributed by atoms with E-state index < -0.39 is 16.0 Å². The molecule has 3 heterocycles. The Labute approximate surface area is 156 Å². The minimum atomic E-state index is -3.75. The lowest BCUT2D eigenvalue weighted by molar-refractivity contribution is 0.0602. The van der Waals surface area contributed by atoms with Gasteiger partial charge >= 0.3 is 5.97 Å².